The van der Waals surface area contributed by atoms with Crippen LogP contribution in [0.3, 0.4) is 0 Å². The van der Waals surface area contributed by atoms with E-state index in [1.807, 2.05) is 30.5 Å². The van der Waals surface area contributed by atoms with E-state index in [9.17, 15) is 0 Å². The number of aryl methyl sites for hydroxylation is 1. The molecule has 0 amide bonds. The van der Waals surface area contributed by atoms with Crippen molar-refractivity contribution >= 4 is 22.9 Å². The summed E-state index contributed by atoms with van der Waals surface area (Å²) < 4.78 is 5.50. The molecule has 0 fully saturated rings. The summed E-state index contributed by atoms with van der Waals surface area (Å²) in [5.41, 5.74) is 1.00. The summed E-state index contributed by atoms with van der Waals surface area (Å²) in [6, 6.07) is 5.54. The monoisotopic (exact) mass is 225 g/mol. The summed E-state index contributed by atoms with van der Waals surface area (Å²) in [4.78, 5) is 4.03. The molecule has 0 unspecified atom stereocenters. The minimum atomic E-state index is 0.645. The molecule has 1 heterocycles. The Kier molecular flexibility index (Phi) is 2.70. The largest absolute Gasteiger partial charge is 0.431 e. The van der Waals surface area contributed by atoms with E-state index >= 15 is 0 Å². The zero-order chi connectivity index (χ0) is 9.97. The summed E-state index contributed by atoms with van der Waals surface area (Å²) in [6.07, 6.45) is 1.71. The van der Waals surface area contributed by atoms with E-state index in [1.54, 1.807) is 6.20 Å². The quantitative estimate of drug-likeness (QED) is 0.774. The van der Waals surface area contributed by atoms with Gasteiger partial charge >= 0.3 is 0 Å². The Morgan fingerprint density at radius 2 is 2.29 bits per heavy atom. The van der Waals surface area contributed by atoms with Crippen LogP contribution in [-0.2, 0) is 0 Å². The molecule has 4 heteroatoms. The maximum absolute atomic E-state index is 5.89. The maximum Gasteiger partial charge on any atom is 0.278 e. The number of nitrogens with zero attached hydrogens (tertiary/aromatic N) is 1. The Balaban J connectivity index is 2.22. The number of hydrogen-bond donors (Lipinski definition) is 0. The molecule has 0 N–H and O–H groups in total. The van der Waals surface area contributed by atoms with E-state index in [0.29, 0.717) is 5.19 Å². The molecule has 0 bridgehead atoms. The number of aromatic nitrogens is 1. The van der Waals surface area contributed by atoms with Crippen molar-refractivity contribution in [3.8, 4) is 10.9 Å². The van der Waals surface area contributed by atoms with E-state index in [-0.39, 0.29) is 0 Å². The fourth-order valence-corrected chi connectivity index (χ4v) is 1.66. The second kappa shape index (κ2) is 3.98. The van der Waals surface area contributed by atoms with E-state index in [2.05, 4.69) is 4.98 Å². The van der Waals surface area contributed by atoms with Crippen LogP contribution in [-0.4, -0.2) is 4.98 Å². The van der Waals surface area contributed by atoms with Crippen LogP contribution in [0, 0.1) is 6.92 Å². The molecule has 2 nitrogen and oxygen atoms in total. The topological polar surface area (TPSA) is 22.1 Å². The van der Waals surface area contributed by atoms with Crippen molar-refractivity contribution in [3.63, 3.8) is 0 Å². The summed E-state index contributed by atoms with van der Waals surface area (Å²) in [6.45, 7) is 1.94. The second-order valence-corrected chi connectivity index (χ2v) is 4.08. The maximum atomic E-state index is 5.89. The van der Waals surface area contributed by atoms with Crippen molar-refractivity contribution in [2.24, 2.45) is 0 Å². The Bertz CT molecular complexity index is 428. The van der Waals surface area contributed by atoms with Crippen LogP contribution in [0.5, 0.6) is 10.9 Å². The van der Waals surface area contributed by atoms with E-state index < -0.39 is 0 Å². The highest BCUT2D eigenvalue weighted by molar-refractivity contribution is 7.11. The van der Waals surface area contributed by atoms with E-state index in [4.69, 9.17) is 16.3 Å². The Hall–Kier alpha value is -1.06. The Labute approximate surface area is 91.1 Å². The lowest BCUT2D eigenvalue weighted by Gasteiger charge is -2.03. The summed E-state index contributed by atoms with van der Waals surface area (Å²) in [7, 11) is 0. The Morgan fingerprint density at radius 1 is 1.43 bits per heavy atom. The molecular weight excluding hydrogens is 218 g/mol. The van der Waals surface area contributed by atoms with Gasteiger partial charge in [-0.1, -0.05) is 22.9 Å². The van der Waals surface area contributed by atoms with Crippen molar-refractivity contribution < 1.29 is 4.74 Å². The molecule has 14 heavy (non-hydrogen) atoms. The zero-order valence-corrected chi connectivity index (χ0v) is 9.10. The minimum Gasteiger partial charge on any atom is -0.431 e. The number of rotatable bonds is 2. The second-order valence-electron chi connectivity index (χ2n) is 2.81. The van der Waals surface area contributed by atoms with Gasteiger partial charge < -0.3 is 4.74 Å². The summed E-state index contributed by atoms with van der Waals surface area (Å²) in [5.74, 6) is 0.766. The van der Waals surface area contributed by atoms with Crippen molar-refractivity contribution in [1.29, 1.82) is 0 Å². The summed E-state index contributed by atoms with van der Waals surface area (Å²) >= 11 is 7.36. The molecule has 0 atom stereocenters. The third-order valence-corrected chi connectivity index (χ3v) is 2.82. The van der Waals surface area contributed by atoms with E-state index in [1.165, 1.54) is 11.3 Å². The molecule has 0 radical (unpaired) electrons. The molecule has 1 aromatic carbocycles. The number of thiazole rings is 1. The highest BCUT2D eigenvalue weighted by Crippen LogP contribution is 2.26. The molecule has 0 saturated carbocycles. The third-order valence-electron chi connectivity index (χ3n) is 1.74. The van der Waals surface area contributed by atoms with Crippen LogP contribution in [0.15, 0.2) is 29.8 Å². The summed E-state index contributed by atoms with van der Waals surface area (Å²) in [5, 5.41) is 3.26. The van der Waals surface area contributed by atoms with Gasteiger partial charge in [-0.05, 0) is 30.7 Å². The van der Waals surface area contributed by atoms with Gasteiger partial charge in [0.15, 0.2) is 0 Å². The first-order chi connectivity index (χ1) is 6.75. The van der Waals surface area contributed by atoms with Gasteiger partial charge in [0.2, 0.25) is 0 Å². The fourth-order valence-electron chi connectivity index (χ4n) is 1.04. The molecule has 0 aliphatic carbocycles. The number of benzene rings is 1. The lowest BCUT2D eigenvalue weighted by Crippen LogP contribution is -1.84. The lowest BCUT2D eigenvalue weighted by atomic mass is 10.2. The average molecular weight is 226 g/mol. The highest BCUT2D eigenvalue weighted by atomic mass is 35.5. The SMILES string of the molecule is Cc1cc(Oc2nccs2)ccc1Cl. The van der Waals surface area contributed by atoms with Crippen LogP contribution in [0.2, 0.25) is 5.02 Å². The molecule has 2 aromatic rings. The predicted octanol–water partition coefficient (Wildman–Crippen LogP) is 3.90. The predicted molar refractivity (Wildman–Crippen MR) is 58.4 cm³/mol. The lowest BCUT2D eigenvalue weighted by molar-refractivity contribution is 0.478. The van der Waals surface area contributed by atoms with Crippen LogP contribution in [0.1, 0.15) is 5.56 Å². The fraction of sp³-hybridized carbons (Fsp3) is 0.100. The van der Waals surface area contributed by atoms with Crippen LogP contribution in [0.25, 0.3) is 0 Å². The zero-order valence-electron chi connectivity index (χ0n) is 7.53. The molecule has 1 aromatic heterocycles. The molecule has 72 valence electrons. The smallest absolute Gasteiger partial charge is 0.278 e. The van der Waals surface area contributed by atoms with Gasteiger partial charge in [0.1, 0.15) is 5.75 Å². The van der Waals surface area contributed by atoms with Crippen molar-refractivity contribution in [1.82, 2.24) is 4.98 Å². The van der Waals surface area contributed by atoms with E-state index in [0.717, 1.165) is 16.3 Å². The number of hydrogen-bond acceptors (Lipinski definition) is 3. The Morgan fingerprint density at radius 3 is 2.93 bits per heavy atom. The van der Waals surface area contributed by atoms with Gasteiger partial charge in [0.25, 0.3) is 5.19 Å². The van der Waals surface area contributed by atoms with Crippen LogP contribution >= 0.6 is 22.9 Å². The molecule has 2 rings (SSSR count). The third kappa shape index (κ3) is 2.05. The molecule has 0 aliphatic rings. The van der Waals surface area contributed by atoms with Gasteiger partial charge in [-0.25, -0.2) is 4.98 Å². The normalized spacial score (nSPS) is 10.1. The van der Waals surface area contributed by atoms with Gasteiger partial charge in [0, 0.05) is 16.6 Å². The molecule has 0 saturated heterocycles. The number of ether oxygens (including phenoxy) is 1. The first-order valence-corrected chi connectivity index (χ1v) is 5.35. The molecular formula is C10H8ClNOS. The standard InChI is InChI=1S/C10H8ClNOS/c1-7-6-8(2-3-9(7)11)13-10-12-4-5-14-10/h2-6H,1H3. The first kappa shape index (κ1) is 9.49. The average Bonchev–Trinajstić information content (AvgIpc) is 2.64. The number of halogens is 1. The first-order valence-electron chi connectivity index (χ1n) is 4.09. The van der Waals surface area contributed by atoms with Gasteiger partial charge in [-0.2, -0.15) is 0 Å². The molecule has 0 aliphatic heterocycles. The van der Waals surface area contributed by atoms with Crippen molar-refractivity contribution in [2.45, 2.75) is 6.92 Å². The van der Waals surface area contributed by atoms with Gasteiger partial charge in [-0.3, -0.25) is 0 Å². The minimum absolute atomic E-state index is 0.645. The molecule has 0 spiro atoms. The highest BCUT2D eigenvalue weighted by Gasteiger charge is 2.01. The van der Waals surface area contributed by atoms with Crippen LogP contribution < -0.4 is 4.74 Å². The van der Waals surface area contributed by atoms with Crippen LogP contribution in [0.4, 0.5) is 0 Å². The van der Waals surface area contributed by atoms with Gasteiger partial charge in [0.05, 0.1) is 0 Å². The van der Waals surface area contributed by atoms with Crippen molar-refractivity contribution in [3.05, 3.63) is 40.4 Å². The van der Waals surface area contributed by atoms with Gasteiger partial charge in [-0.15, -0.1) is 0 Å². The van der Waals surface area contributed by atoms with Crippen molar-refractivity contribution in [2.75, 3.05) is 0 Å².